The molecular weight excluding hydrogens is 419 g/mol. The number of amides is 1. The SMILES string of the molecule is CC1(C)C[C@@H](NC(=O)C2CCN(Cc3ccc(Cl)cc3Cl)CC2)c2ccccc2O1. The van der Waals surface area contributed by atoms with Crippen molar-refractivity contribution in [2.24, 2.45) is 5.92 Å². The molecule has 0 radical (unpaired) electrons. The van der Waals surface area contributed by atoms with E-state index in [1.54, 1.807) is 6.07 Å². The lowest BCUT2D eigenvalue weighted by molar-refractivity contribution is -0.127. The summed E-state index contributed by atoms with van der Waals surface area (Å²) in [5.74, 6) is 1.06. The molecule has 2 aliphatic rings. The molecule has 160 valence electrons. The number of fused-ring (bicyclic) bond motifs is 1. The van der Waals surface area contributed by atoms with Crippen molar-refractivity contribution in [3.63, 3.8) is 0 Å². The molecule has 0 aliphatic carbocycles. The second-order valence-corrected chi connectivity index (χ2v) is 9.79. The molecule has 2 heterocycles. The summed E-state index contributed by atoms with van der Waals surface area (Å²) in [6.07, 6.45) is 2.47. The maximum Gasteiger partial charge on any atom is 0.223 e. The first-order valence-corrected chi connectivity index (χ1v) is 11.3. The number of benzene rings is 2. The van der Waals surface area contributed by atoms with E-state index >= 15 is 0 Å². The average Bonchev–Trinajstić information content (AvgIpc) is 2.70. The number of ether oxygens (including phenoxy) is 1. The van der Waals surface area contributed by atoms with Crippen LogP contribution in [0.2, 0.25) is 10.0 Å². The number of para-hydroxylation sites is 1. The van der Waals surface area contributed by atoms with Crippen molar-refractivity contribution in [3.05, 3.63) is 63.6 Å². The van der Waals surface area contributed by atoms with Crippen molar-refractivity contribution in [2.45, 2.75) is 51.3 Å². The molecular formula is C24H28Cl2N2O2. The Morgan fingerprint density at radius 1 is 1.17 bits per heavy atom. The van der Waals surface area contributed by atoms with E-state index < -0.39 is 0 Å². The highest BCUT2D eigenvalue weighted by Crippen LogP contribution is 2.39. The van der Waals surface area contributed by atoms with Crippen molar-refractivity contribution in [2.75, 3.05) is 13.1 Å². The Morgan fingerprint density at radius 3 is 2.63 bits per heavy atom. The van der Waals surface area contributed by atoms with Crippen molar-refractivity contribution < 1.29 is 9.53 Å². The van der Waals surface area contributed by atoms with Crippen LogP contribution in [-0.2, 0) is 11.3 Å². The Balaban J connectivity index is 1.35. The molecule has 2 aliphatic heterocycles. The van der Waals surface area contributed by atoms with Gasteiger partial charge in [0.25, 0.3) is 0 Å². The van der Waals surface area contributed by atoms with Gasteiger partial charge >= 0.3 is 0 Å². The Labute approximate surface area is 188 Å². The molecule has 1 saturated heterocycles. The molecule has 0 spiro atoms. The van der Waals surface area contributed by atoms with Crippen molar-refractivity contribution in [1.29, 1.82) is 0 Å². The standard InChI is InChI=1S/C24H28Cl2N2O2/c1-24(2)14-21(19-5-3-4-6-22(19)30-24)27-23(29)16-9-11-28(12-10-16)15-17-7-8-18(25)13-20(17)26/h3-8,13,16,21H,9-12,14-15H2,1-2H3,(H,27,29)/t21-/m1/s1. The van der Waals surface area contributed by atoms with E-state index in [1.165, 1.54) is 0 Å². The number of likely N-dealkylation sites (tertiary alicyclic amines) is 1. The molecule has 0 bridgehead atoms. The van der Waals surface area contributed by atoms with E-state index in [-0.39, 0.29) is 23.5 Å². The van der Waals surface area contributed by atoms with E-state index in [0.29, 0.717) is 10.0 Å². The number of nitrogens with one attached hydrogen (secondary N) is 1. The number of hydrogen-bond donors (Lipinski definition) is 1. The van der Waals surface area contributed by atoms with Crippen LogP contribution < -0.4 is 10.1 Å². The Kier molecular flexibility index (Phi) is 6.29. The Morgan fingerprint density at radius 2 is 1.90 bits per heavy atom. The van der Waals surface area contributed by atoms with E-state index in [0.717, 1.165) is 55.8 Å². The van der Waals surface area contributed by atoms with Gasteiger partial charge in [-0.2, -0.15) is 0 Å². The van der Waals surface area contributed by atoms with Gasteiger partial charge in [0.15, 0.2) is 0 Å². The van der Waals surface area contributed by atoms with Crippen LogP contribution in [0.15, 0.2) is 42.5 Å². The molecule has 6 heteroatoms. The van der Waals surface area contributed by atoms with Gasteiger partial charge < -0.3 is 10.1 Å². The third-order valence-corrected chi connectivity index (χ3v) is 6.65. The first-order chi connectivity index (χ1) is 14.3. The summed E-state index contributed by atoms with van der Waals surface area (Å²) < 4.78 is 6.09. The first kappa shape index (κ1) is 21.5. The van der Waals surface area contributed by atoms with Gasteiger partial charge in [-0.15, -0.1) is 0 Å². The molecule has 30 heavy (non-hydrogen) atoms. The predicted octanol–water partition coefficient (Wildman–Crippen LogP) is 5.62. The summed E-state index contributed by atoms with van der Waals surface area (Å²) in [6, 6.07) is 13.6. The number of carbonyl (C=O) groups is 1. The normalized spacial score (nSPS) is 21.5. The fourth-order valence-electron chi connectivity index (χ4n) is 4.46. The van der Waals surface area contributed by atoms with Crippen LogP contribution >= 0.6 is 23.2 Å². The molecule has 0 saturated carbocycles. The van der Waals surface area contributed by atoms with Crippen LogP contribution in [0.4, 0.5) is 0 Å². The maximum absolute atomic E-state index is 13.0. The zero-order valence-electron chi connectivity index (χ0n) is 17.5. The number of rotatable bonds is 4. The lowest BCUT2D eigenvalue weighted by Crippen LogP contribution is -2.45. The second-order valence-electron chi connectivity index (χ2n) is 8.95. The fraction of sp³-hybridized carbons (Fsp3) is 0.458. The van der Waals surface area contributed by atoms with Gasteiger partial charge in [0.05, 0.1) is 6.04 Å². The second kappa shape index (κ2) is 8.78. The summed E-state index contributed by atoms with van der Waals surface area (Å²) in [7, 11) is 0. The van der Waals surface area contributed by atoms with Gasteiger partial charge in [-0.05, 0) is 63.5 Å². The van der Waals surface area contributed by atoms with Crippen LogP contribution in [0.25, 0.3) is 0 Å². The maximum atomic E-state index is 13.0. The largest absolute Gasteiger partial charge is 0.487 e. The van der Waals surface area contributed by atoms with Gasteiger partial charge in [0, 0.05) is 34.5 Å². The van der Waals surface area contributed by atoms with E-state index in [1.807, 2.05) is 36.4 Å². The topological polar surface area (TPSA) is 41.6 Å². The first-order valence-electron chi connectivity index (χ1n) is 10.6. The molecule has 0 unspecified atom stereocenters. The van der Waals surface area contributed by atoms with Gasteiger partial charge in [-0.1, -0.05) is 47.5 Å². The van der Waals surface area contributed by atoms with Crippen molar-refractivity contribution in [1.82, 2.24) is 10.2 Å². The molecule has 0 aromatic heterocycles. The van der Waals surface area contributed by atoms with Gasteiger partial charge in [0.2, 0.25) is 5.91 Å². The average molecular weight is 447 g/mol. The predicted molar refractivity (Wildman–Crippen MR) is 121 cm³/mol. The summed E-state index contributed by atoms with van der Waals surface area (Å²) in [4.78, 5) is 15.4. The van der Waals surface area contributed by atoms with Crippen LogP contribution in [0.5, 0.6) is 5.75 Å². The molecule has 1 amide bonds. The zero-order chi connectivity index (χ0) is 21.3. The quantitative estimate of drug-likeness (QED) is 0.661. The molecule has 4 rings (SSSR count). The molecule has 1 atom stereocenters. The summed E-state index contributed by atoms with van der Waals surface area (Å²) >= 11 is 12.3. The van der Waals surface area contributed by atoms with Crippen LogP contribution in [-0.4, -0.2) is 29.5 Å². The zero-order valence-corrected chi connectivity index (χ0v) is 19.0. The number of piperidine rings is 1. The third kappa shape index (κ3) is 4.93. The van der Waals surface area contributed by atoms with Crippen LogP contribution in [0.3, 0.4) is 0 Å². The van der Waals surface area contributed by atoms with Crippen LogP contribution in [0, 0.1) is 5.92 Å². The van der Waals surface area contributed by atoms with E-state index in [4.69, 9.17) is 27.9 Å². The molecule has 2 aromatic rings. The highest BCUT2D eigenvalue weighted by atomic mass is 35.5. The Hall–Kier alpha value is -1.75. The highest BCUT2D eigenvalue weighted by Gasteiger charge is 2.35. The molecule has 2 aromatic carbocycles. The van der Waals surface area contributed by atoms with Crippen molar-refractivity contribution in [3.8, 4) is 5.75 Å². The minimum atomic E-state index is -0.298. The molecule has 1 fully saturated rings. The number of nitrogens with zero attached hydrogens (tertiary/aromatic N) is 1. The summed E-state index contributed by atoms with van der Waals surface area (Å²) in [5.41, 5.74) is 1.85. The van der Waals surface area contributed by atoms with Gasteiger partial charge in [-0.25, -0.2) is 0 Å². The summed E-state index contributed by atoms with van der Waals surface area (Å²) in [6.45, 7) is 6.69. The van der Waals surface area contributed by atoms with E-state index in [9.17, 15) is 4.79 Å². The van der Waals surface area contributed by atoms with Gasteiger partial charge in [0.1, 0.15) is 11.4 Å². The highest BCUT2D eigenvalue weighted by molar-refractivity contribution is 6.35. The van der Waals surface area contributed by atoms with Gasteiger partial charge in [-0.3, -0.25) is 9.69 Å². The number of carbonyl (C=O) groups excluding carboxylic acids is 1. The fourth-order valence-corrected chi connectivity index (χ4v) is 4.93. The lowest BCUT2D eigenvalue weighted by Gasteiger charge is -2.39. The van der Waals surface area contributed by atoms with Crippen molar-refractivity contribution >= 4 is 29.1 Å². The molecule has 4 nitrogen and oxygen atoms in total. The minimum absolute atomic E-state index is 0.0108. The number of hydrogen-bond acceptors (Lipinski definition) is 3. The lowest BCUT2D eigenvalue weighted by atomic mass is 9.88. The third-order valence-electron chi connectivity index (χ3n) is 6.06. The Bertz CT molecular complexity index is 923. The number of halogens is 2. The smallest absolute Gasteiger partial charge is 0.223 e. The molecule has 1 N–H and O–H groups in total. The monoisotopic (exact) mass is 446 g/mol. The van der Waals surface area contributed by atoms with Crippen LogP contribution in [0.1, 0.15) is 50.3 Å². The minimum Gasteiger partial charge on any atom is -0.487 e. The summed E-state index contributed by atoms with van der Waals surface area (Å²) in [5, 5.41) is 4.65. The van der Waals surface area contributed by atoms with E-state index in [2.05, 4.69) is 24.1 Å².